The SMILES string of the molecule is COCC(C)NC(N)=NCc1ccc(OC)c(F)c1.I. The first-order valence-electron chi connectivity index (χ1n) is 5.94. The van der Waals surface area contributed by atoms with E-state index in [4.69, 9.17) is 15.2 Å². The van der Waals surface area contributed by atoms with Crippen molar-refractivity contribution in [1.82, 2.24) is 5.32 Å². The van der Waals surface area contributed by atoms with E-state index in [2.05, 4.69) is 10.3 Å². The molecule has 0 saturated heterocycles. The Labute approximate surface area is 135 Å². The highest BCUT2D eigenvalue weighted by Gasteiger charge is 2.04. The lowest BCUT2D eigenvalue weighted by Gasteiger charge is -2.13. The van der Waals surface area contributed by atoms with E-state index in [0.717, 1.165) is 5.56 Å². The van der Waals surface area contributed by atoms with Gasteiger partial charge in [-0.05, 0) is 24.6 Å². The number of benzene rings is 1. The molecule has 0 fully saturated rings. The van der Waals surface area contributed by atoms with Crippen LogP contribution in [0.4, 0.5) is 4.39 Å². The summed E-state index contributed by atoms with van der Waals surface area (Å²) >= 11 is 0. The van der Waals surface area contributed by atoms with Crippen LogP contribution in [0.3, 0.4) is 0 Å². The molecule has 1 atom stereocenters. The van der Waals surface area contributed by atoms with Crippen LogP contribution < -0.4 is 15.8 Å². The fourth-order valence-corrected chi connectivity index (χ4v) is 1.57. The first kappa shape index (κ1) is 18.9. The summed E-state index contributed by atoms with van der Waals surface area (Å²) in [5.74, 6) is 0.114. The smallest absolute Gasteiger partial charge is 0.189 e. The summed E-state index contributed by atoms with van der Waals surface area (Å²) in [6, 6.07) is 4.77. The Hall–Kier alpha value is -1.09. The summed E-state index contributed by atoms with van der Waals surface area (Å²) in [5, 5.41) is 2.97. The maximum Gasteiger partial charge on any atom is 0.189 e. The third-order valence-electron chi connectivity index (χ3n) is 2.46. The quantitative estimate of drug-likeness (QED) is 0.437. The number of ether oxygens (including phenoxy) is 2. The number of halogens is 2. The molecule has 0 bridgehead atoms. The standard InChI is InChI=1S/C13H20FN3O2.HI/c1-9(8-18-2)17-13(15)16-7-10-4-5-12(19-3)11(14)6-10;/h4-6,9H,7-8H2,1-3H3,(H3,15,16,17);1H. The molecule has 1 aromatic rings. The predicted molar refractivity (Wildman–Crippen MR) is 88.2 cm³/mol. The van der Waals surface area contributed by atoms with Crippen molar-refractivity contribution in [3.05, 3.63) is 29.6 Å². The fourth-order valence-electron chi connectivity index (χ4n) is 1.57. The molecule has 5 nitrogen and oxygen atoms in total. The minimum atomic E-state index is -0.408. The number of nitrogens with zero attached hydrogens (tertiary/aromatic N) is 1. The molecular formula is C13H21FIN3O2. The molecule has 1 aromatic carbocycles. The molecule has 0 aliphatic rings. The first-order valence-corrected chi connectivity index (χ1v) is 5.94. The van der Waals surface area contributed by atoms with Crippen molar-refractivity contribution >= 4 is 29.9 Å². The molecule has 0 saturated carbocycles. The molecular weight excluding hydrogens is 376 g/mol. The zero-order valence-electron chi connectivity index (χ0n) is 11.9. The normalized spacial score (nSPS) is 12.5. The zero-order chi connectivity index (χ0) is 14.3. The Kier molecular flexibility index (Phi) is 9.23. The van der Waals surface area contributed by atoms with E-state index in [1.807, 2.05) is 6.92 Å². The van der Waals surface area contributed by atoms with Crippen molar-refractivity contribution in [1.29, 1.82) is 0 Å². The minimum Gasteiger partial charge on any atom is -0.494 e. The van der Waals surface area contributed by atoms with Gasteiger partial charge >= 0.3 is 0 Å². The van der Waals surface area contributed by atoms with E-state index < -0.39 is 5.82 Å². The second-order valence-corrected chi connectivity index (χ2v) is 4.17. The Morgan fingerprint density at radius 2 is 2.15 bits per heavy atom. The van der Waals surface area contributed by atoms with E-state index in [9.17, 15) is 4.39 Å². The van der Waals surface area contributed by atoms with Crippen molar-refractivity contribution in [3.8, 4) is 5.75 Å². The van der Waals surface area contributed by atoms with Crippen molar-refractivity contribution in [2.24, 2.45) is 10.7 Å². The molecule has 0 spiro atoms. The molecule has 0 aliphatic heterocycles. The van der Waals surface area contributed by atoms with Gasteiger partial charge in [0.2, 0.25) is 0 Å². The molecule has 0 heterocycles. The van der Waals surface area contributed by atoms with E-state index in [1.54, 1.807) is 19.2 Å². The van der Waals surface area contributed by atoms with Crippen LogP contribution in [0.25, 0.3) is 0 Å². The van der Waals surface area contributed by atoms with Crippen molar-refractivity contribution < 1.29 is 13.9 Å². The van der Waals surface area contributed by atoms with Crippen LogP contribution in [0.15, 0.2) is 23.2 Å². The monoisotopic (exact) mass is 397 g/mol. The fraction of sp³-hybridized carbons (Fsp3) is 0.462. The van der Waals surface area contributed by atoms with Crippen molar-refractivity contribution in [2.75, 3.05) is 20.8 Å². The van der Waals surface area contributed by atoms with Gasteiger partial charge < -0.3 is 20.5 Å². The van der Waals surface area contributed by atoms with Crippen LogP contribution >= 0.6 is 24.0 Å². The van der Waals surface area contributed by atoms with Gasteiger partial charge in [0.1, 0.15) is 0 Å². The van der Waals surface area contributed by atoms with Crippen LogP contribution in [0.2, 0.25) is 0 Å². The van der Waals surface area contributed by atoms with Gasteiger partial charge in [0.25, 0.3) is 0 Å². The highest BCUT2D eigenvalue weighted by atomic mass is 127. The van der Waals surface area contributed by atoms with Gasteiger partial charge in [-0.2, -0.15) is 0 Å². The Morgan fingerprint density at radius 3 is 2.70 bits per heavy atom. The topological polar surface area (TPSA) is 68.9 Å². The molecule has 3 N–H and O–H groups in total. The summed E-state index contributed by atoms with van der Waals surface area (Å²) < 4.78 is 23.3. The molecule has 0 amide bonds. The number of rotatable bonds is 6. The van der Waals surface area contributed by atoms with E-state index in [0.29, 0.717) is 19.1 Å². The Morgan fingerprint density at radius 1 is 1.45 bits per heavy atom. The number of hydrogen-bond donors (Lipinski definition) is 2. The third-order valence-corrected chi connectivity index (χ3v) is 2.46. The van der Waals surface area contributed by atoms with Gasteiger partial charge in [-0.25, -0.2) is 9.38 Å². The second kappa shape index (κ2) is 9.76. The number of hydrogen-bond acceptors (Lipinski definition) is 3. The average molecular weight is 397 g/mol. The number of nitrogens with two attached hydrogens (primary N) is 1. The Bertz CT molecular complexity index is 444. The number of methoxy groups -OCH3 is 2. The maximum atomic E-state index is 13.4. The van der Waals surface area contributed by atoms with Crippen LogP contribution in [0, 0.1) is 5.82 Å². The van der Waals surface area contributed by atoms with Gasteiger partial charge in [-0.3, -0.25) is 0 Å². The van der Waals surface area contributed by atoms with Crippen molar-refractivity contribution in [3.63, 3.8) is 0 Å². The summed E-state index contributed by atoms with van der Waals surface area (Å²) in [6.07, 6.45) is 0. The largest absolute Gasteiger partial charge is 0.494 e. The molecule has 0 aliphatic carbocycles. The van der Waals surface area contributed by atoms with Crippen LogP contribution in [0.5, 0.6) is 5.75 Å². The molecule has 0 aromatic heterocycles. The van der Waals surface area contributed by atoms with Gasteiger partial charge in [0.15, 0.2) is 17.5 Å². The minimum absolute atomic E-state index is 0. The van der Waals surface area contributed by atoms with Crippen molar-refractivity contribution in [2.45, 2.75) is 19.5 Å². The molecule has 114 valence electrons. The molecule has 1 rings (SSSR count). The van der Waals surface area contributed by atoms with Crippen LogP contribution in [-0.2, 0) is 11.3 Å². The summed E-state index contributed by atoms with van der Waals surface area (Å²) in [5.41, 5.74) is 6.44. The van der Waals surface area contributed by atoms with Gasteiger partial charge in [0.05, 0.1) is 20.3 Å². The summed E-state index contributed by atoms with van der Waals surface area (Å²) in [4.78, 5) is 4.13. The molecule has 0 radical (unpaired) electrons. The highest BCUT2D eigenvalue weighted by molar-refractivity contribution is 14.0. The second-order valence-electron chi connectivity index (χ2n) is 4.17. The maximum absolute atomic E-state index is 13.4. The number of nitrogens with one attached hydrogen (secondary N) is 1. The predicted octanol–water partition coefficient (Wildman–Crippen LogP) is 1.89. The van der Waals surface area contributed by atoms with E-state index in [1.165, 1.54) is 13.2 Å². The average Bonchev–Trinajstić information content (AvgIpc) is 2.36. The number of aliphatic imine (C=N–C) groups is 1. The highest BCUT2D eigenvalue weighted by Crippen LogP contribution is 2.17. The van der Waals surface area contributed by atoms with E-state index in [-0.39, 0.29) is 35.8 Å². The van der Waals surface area contributed by atoms with E-state index >= 15 is 0 Å². The number of guanidine groups is 1. The summed E-state index contributed by atoms with van der Waals surface area (Å²) in [7, 11) is 3.04. The van der Waals surface area contributed by atoms with Gasteiger partial charge in [-0.1, -0.05) is 6.07 Å². The zero-order valence-corrected chi connectivity index (χ0v) is 14.2. The van der Waals surface area contributed by atoms with Gasteiger partial charge in [-0.15, -0.1) is 24.0 Å². The molecule has 7 heteroatoms. The Balaban J connectivity index is 0.00000361. The third kappa shape index (κ3) is 6.38. The van der Waals surface area contributed by atoms with Gasteiger partial charge in [0, 0.05) is 13.2 Å². The lowest BCUT2D eigenvalue weighted by molar-refractivity contribution is 0.179. The first-order chi connectivity index (χ1) is 9.06. The van der Waals surface area contributed by atoms with Crippen LogP contribution in [0.1, 0.15) is 12.5 Å². The molecule has 1 unspecified atom stereocenters. The summed E-state index contributed by atoms with van der Waals surface area (Å²) in [6.45, 7) is 2.77. The lowest BCUT2D eigenvalue weighted by Crippen LogP contribution is -2.40. The lowest BCUT2D eigenvalue weighted by atomic mass is 10.2. The van der Waals surface area contributed by atoms with Crippen LogP contribution in [-0.4, -0.2) is 32.8 Å². The molecule has 20 heavy (non-hydrogen) atoms.